The van der Waals surface area contributed by atoms with Crippen molar-refractivity contribution in [3.8, 4) is 0 Å². The molecule has 1 saturated heterocycles. The Kier molecular flexibility index (Phi) is 2.63. The van der Waals surface area contributed by atoms with E-state index in [4.69, 9.17) is 4.89 Å². The molecule has 1 atom stereocenters. The first kappa shape index (κ1) is 8.69. The molecule has 0 radical (unpaired) electrons. The maximum absolute atomic E-state index is 10.3. The van der Waals surface area contributed by atoms with Gasteiger partial charge in [-0.15, -0.1) is 0 Å². The summed E-state index contributed by atoms with van der Waals surface area (Å²) in [6.07, 6.45) is 0. The molecule has 0 saturated carbocycles. The van der Waals surface area contributed by atoms with Gasteiger partial charge in [-0.3, -0.25) is 0 Å². The van der Waals surface area contributed by atoms with E-state index in [1.807, 2.05) is 0 Å². The molecule has 0 aromatic carbocycles. The Hall–Kier alpha value is -0.404. The quantitative estimate of drug-likeness (QED) is 0.363. The summed E-state index contributed by atoms with van der Waals surface area (Å²) in [4.78, 5) is 28.7. The van der Waals surface area contributed by atoms with Crippen molar-refractivity contribution in [2.45, 2.75) is 0 Å². The van der Waals surface area contributed by atoms with Gasteiger partial charge in [0.05, 0.1) is 0 Å². The molecule has 0 spiro atoms. The molecule has 0 bridgehead atoms. The molecule has 11 heavy (non-hydrogen) atoms. The Balaban J connectivity index is 2.47. The molecule has 9 heteroatoms. The van der Waals surface area contributed by atoms with E-state index in [9.17, 15) is 14.2 Å². The van der Waals surface area contributed by atoms with Gasteiger partial charge in [0.1, 0.15) is 0 Å². The molecule has 1 fully saturated rings. The fourth-order valence-corrected chi connectivity index (χ4v) is 3.35. The summed E-state index contributed by atoms with van der Waals surface area (Å²) in [5, 5.41) is 0. The van der Waals surface area contributed by atoms with E-state index in [1.54, 1.807) is 0 Å². The normalized spacial score (nSPS) is 17.9. The Morgan fingerprint density at radius 3 is 2.18 bits per heavy atom. The minimum absolute atomic E-state index is 1.16. The van der Waals surface area contributed by atoms with Gasteiger partial charge in [-0.1, -0.05) is 0 Å². The van der Waals surface area contributed by atoms with E-state index in [0.29, 0.717) is 0 Å². The van der Waals surface area contributed by atoms with E-state index in [2.05, 4.69) is 10.4 Å². The first-order valence-electron chi connectivity index (χ1n) is 2.34. The third kappa shape index (κ3) is 2.28. The second-order valence-electron chi connectivity index (χ2n) is 1.44. The van der Waals surface area contributed by atoms with Gasteiger partial charge in [0, 0.05) is 0 Å². The average Bonchev–Trinajstić information content (AvgIpc) is 2.10. The third-order valence-corrected chi connectivity index (χ3v) is 5.03. The van der Waals surface area contributed by atoms with Crippen molar-refractivity contribution in [2.75, 3.05) is 0 Å². The van der Waals surface area contributed by atoms with Crippen molar-refractivity contribution in [2.24, 2.45) is 0 Å². The van der Waals surface area contributed by atoms with Gasteiger partial charge in [-0.25, -0.2) is 0 Å². The van der Waals surface area contributed by atoms with Crippen LogP contribution in [0.2, 0.25) is 0 Å². The molecule has 1 unspecified atom stereocenters. The monoisotopic (exact) mass is 237 g/mol. The zero-order chi connectivity index (χ0) is 8.43. The summed E-state index contributed by atoms with van der Waals surface area (Å²) in [5.74, 6) is -2.32. The van der Waals surface area contributed by atoms with Crippen LogP contribution in [0, 0.1) is 0 Å². The van der Waals surface area contributed by atoms with Gasteiger partial charge >= 0.3 is 66.9 Å². The zero-order valence-electron chi connectivity index (χ0n) is 4.92. The van der Waals surface area contributed by atoms with Crippen molar-refractivity contribution >= 4 is 37.5 Å². The molecule has 0 amide bonds. The van der Waals surface area contributed by atoms with Crippen LogP contribution in [0.5, 0.6) is 0 Å². The number of hydrogen-bond acceptors (Lipinski definition) is 6. The third-order valence-electron chi connectivity index (χ3n) is 0.749. The van der Waals surface area contributed by atoms with Crippen LogP contribution >= 0.6 is 8.25 Å². The van der Waals surface area contributed by atoms with Crippen LogP contribution in [0.4, 0.5) is 0 Å². The van der Waals surface area contributed by atoms with Crippen molar-refractivity contribution in [1.29, 1.82) is 0 Å². The second-order valence-corrected chi connectivity index (χ2v) is 5.66. The van der Waals surface area contributed by atoms with Gasteiger partial charge in [0.2, 0.25) is 0 Å². The first-order valence-corrected chi connectivity index (χ1v) is 6.44. The molecular formula is C2HGaO7P+. The van der Waals surface area contributed by atoms with Crippen molar-refractivity contribution in [3.63, 3.8) is 0 Å². The summed E-state index contributed by atoms with van der Waals surface area (Å²) < 4.78 is 22.5. The maximum atomic E-state index is 10.3. The summed E-state index contributed by atoms with van der Waals surface area (Å²) in [6.45, 7) is 0. The molecule has 7 nitrogen and oxygen atoms in total. The van der Waals surface area contributed by atoms with Crippen molar-refractivity contribution in [3.05, 3.63) is 0 Å². The predicted molar refractivity (Wildman–Crippen MR) is 28.8 cm³/mol. The Morgan fingerprint density at radius 1 is 1.36 bits per heavy atom. The van der Waals surface area contributed by atoms with Gasteiger partial charge in [-0.2, -0.15) is 0 Å². The summed E-state index contributed by atoms with van der Waals surface area (Å²) in [5.41, 5.74) is 0. The Labute approximate surface area is 67.5 Å². The van der Waals surface area contributed by atoms with Crippen LogP contribution in [0.25, 0.3) is 0 Å². The average molecular weight is 238 g/mol. The summed E-state index contributed by atoms with van der Waals surface area (Å²) in [7, 11) is -2.87. The Bertz CT molecular complexity index is 208. The van der Waals surface area contributed by atoms with E-state index >= 15 is 0 Å². The molecule has 1 aliphatic heterocycles. The van der Waals surface area contributed by atoms with Gasteiger partial charge in [0.25, 0.3) is 0 Å². The standard InChI is InChI=1S/C2H2O4.Ga.HO3P/c3-1(4)2(5)6;;1-4(2)3/h(H,3,4)(H,5,6);;(H,1,2,3)/q;+3;/p-2. The second kappa shape index (κ2) is 3.33. The molecule has 1 N–H and O–H groups in total. The van der Waals surface area contributed by atoms with Crippen LogP contribution in [-0.2, 0) is 24.5 Å². The molecular weight excluding hydrogens is 237 g/mol. The van der Waals surface area contributed by atoms with Crippen LogP contribution in [0.1, 0.15) is 0 Å². The van der Waals surface area contributed by atoms with Crippen LogP contribution < -0.4 is 0 Å². The van der Waals surface area contributed by atoms with E-state index in [1.165, 1.54) is 0 Å². The molecule has 1 heterocycles. The number of carbonyl (C=O) groups excluding carboxylic acids is 2. The zero-order valence-corrected chi connectivity index (χ0v) is 8.24. The molecule has 0 aliphatic carbocycles. The van der Waals surface area contributed by atoms with Crippen LogP contribution in [0.3, 0.4) is 0 Å². The van der Waals surface area contributed by atoms with Gasteiger partial charge in [-0.05, 0) is 0 Å². The fourth-order valence-electron chi connectivity index (χ4n) is 0.412. The topological polar surface area (TPSA) is 99.1 Å². The summed E-state index contributed by atoms with van der Waals surface area (Å²) >= 11 is -3.44. The predicted octanol–water partition coefficient (Wildman–Crippen LogP) is -1.26. The van der Waals surface area contributed by atoms with E-state index in [0.717, 1.165) is 0 Å². The molecule has 1 aliphatic rings. The first-order chi connectivity index (χ1) is 5.09. The van der Waals surface area contributed by atoms with Crippen molar-refractivity contribution in [1.82, 2.24) is 0 Å². The van der Waals surface area contributed by atoms with Crippen molar-refractivity contribution < 1.29 is 29.4 Å². The molecule has 1 rings (SSSR count). The molecule has 0 aromatic heterocycles. The number of rotatable bonds is 2. The van der Waals surface area contributed by atoms with Gasteiger partial charge < -0.3 is 0 Å². The molecule has 0 aromatic rings. The van der Waals surface area contributed by atoms with E-state index in [-0.39, 0.29) is 0 Å². The summed E-state index contributed by atoms with van der Waals surface area (Å²) in [6, 6.07) is 0. The number of carbonyl (C=O) groups is 2. The van der Waals surface area contributed by atoms with E-state index < -0.39 is 37.5 Å². The Morgan fingerprint density at radius 2 is 1.82 bits per heavy atom. The SMILES string of the molecule is O=C1[O][Ga]([O][P+](=O)O)[O]C1=O. The minimum atomic E-state index is -3.44. The van der Waals surface area contributed by atoms with Crippen LogP contribution in [0.15, 0.2) is 0 Å². The fraction of sp³-hybridized carbons (Fsp3) is 0. The van der Waals surface area contributed by atoms with Crippen LogP contribution in [-0.4, -0.2) is 34.1 Å². The molecule has 58 valence electrons. The van der Waals surface area contributed by atoms with Gasteiger partial charge in [0.15, 0.2) is 0 Å². The number of hydrogen-bond donors (Lipinski definition) is 1.